The van der Waals surface area contributed by atoms with Gasteiger partial charge in [0.15, 0.2) is 20.9 Å². The van der Waals surface area contributed by atoms with Crippen LogP contribution in [0, 0.1) is 18.1 Å². The highest BCUT2D eigenvalue weighted by atomic mass is 32.2. The quantitative estimate of drug-likeness (QED) is 0.0525. The Morgan fingerprint density at radius 1 is 0.397 bits per heavy atom. The van der Waals surface area contributed by atoms with Crippen molar-refractivity contribution in [1.82, 2.24) is 0 Å². The van der Waals surface area contributed by atoms with E-state index in [4.69, 9.17) is 0 Å². The minimum atomic E-state index is -6.13. The minimum absolute atomic E-state index is 0.0457. The normalized spacial score (nSPS) is 13.9. The van der Waals surface area contributed by atoms with Crippen LogP contribution < -0.4 is 21.9 Å². The van der Waals surface area contributed by atoms with Crippen molar-refractivity contribution < 1.29 is 114 Å². The lowest BCUT2D eigenvalue weighted by atomic mass is 9.12. The summed E-state index contributed by atoms with van der Waals surface area (Å²) in [6, 6.07) is 7.81. The first-order valence-corrected chi connectivity index (χ1v) is 23.4. The van der Waals surface area contributed by atoms with Crippen LogP contribution in [-0.4, -0.2) is 23.9 Å². The maximum absolute atomic E-state index is 14.2. The summed E-state index contributed by atoms with van der Waals surface area (Å²) < 4.78 is 353. The van der Waals surface area contributed by atoms with E-state index in [0.29, 0.717) is 5.56 Å². The maximum Gasteiger partial charge on any atom is 0.416 e. The van der Waals surface area contributed by atoms with Crippen LogP contribution in [-0.2, 0) is 63.6 Å². The van der Waals surface area contributed by atoms with Crippen LogP contribution in [0.2, 0.25) is 0 Å². The molecule has 0 aliphatic heterocycles. The molecule has 0 aliphatic carbocycles. The number of carbonyl (C=O) groups is 1. The monoisotopic (exact) mass is 1160 g/mol. The van der Waals surface area contributed by atoms with Crippen LogP contribution in [0.4, 0.5) is 105 Å². The molecule has 0 aromatic heterocycles. The third-order valence-corrected chi connectivity index (χ3v) is 12.8. The molecule has 418 valence electrons. The Morgan fingerprint density at radius 2 is 0.641 bits per heavy atom. The van der Waals surface area contributed by atoms with E-state index in [2.05, 4.69) is 11.2 Å². The first-order valence-electron chi connectivity index (χ1n) is 21.2. The number of carbonyl (C=O) groups excluding carboxylic acids is 1. The van der Waals surface area contributed by atoms with Crippen LogP contribution in [0.5, 0.6) is 0 Å². The molecule has 0 fully saturated rings. The molecule has 0 saturated carbocycles. The van der Waals surface area contributed by atoms with Crippen LogP contribution in [0.25, 0.3) is 0 Å². The molecule has 0 N–H and O–H groups in total. The average Bonchev–Trinajstić information content (AvgIpc) is 3.29. The molecule has 6 aromatic carbocycles. The van der Waals surface area contributed by atoms with E-state index in [1.165, 1.54) is 6.26 Å². The van der Waals surface area contributed by atoms with Crippen LogP contribution >= 0.6 is 0 Å². The van der Waals surface area contributed by atoms with E-state index in [9.17, 15) is 114 Å². The Labute approximate surface area is 425 Å². The molecule has 0 bridgehead atoms. The summed E-state index contributed by atoms with van der Waals surface area (Å²) in [5.41, 5.74) is -27.7. The highest BCUT2D eigenvalue weighted by molar-refractivity contribution is 8.07. The number of ketones is 1. The summed E-state index contributed by atoms with van der Waals surface area (Å²) in [6.45, 7) is 1.96. The molecule has 0 amide bonds. The van der Waals surface area contributed by atoms with Gasteiger partial charge in [-0.05, 0) is 49.2 Å². The molecular weight excluding hydrogens is 1130 g/mol. The minimum Gasteiger partial charge on any atom is -0.289 e. The van der Waals surface area contributed by atoms with Crippen molar-refractivity contribution in [3.63, 3.8) is 0 Å². The number of alkyl halides is 24. The number of hydrogen-bond donors (Lipinski definition) is 0. The van der Waals surface area contributed by atoms with Crippen molar-refractivity contribution in [3.8, 4) is 11.2 Å². The Morgan fingerprint density at radius 3 is 0.872 bits per heavy atom. The summed E-state index contributed by atoms with van der Waals surface area (Å²) in [4.78, 5) is 12.1. The number of rotatable bonds is 7. The lowest BCUT2D eigenvalue weighted by molar-refractivity contribution is -0.144. The van der Waals surface area contributed by atoms with Crippen molar-refractivity contribution in [2.45, 2.75) is 56.3 Å². The van der Waals surface area contributed by atoms with Gasteiger partial charge in [0.05, 0.1) is 44.5 Å². The van der Waals surface area contributed by atoms with Gasteiger partial charge in [-0.3, -0.25) is 4.79 Å². The highest BCUT2D eigenvalue weighted by Crippen LogP contribution is 2.41. The van der Waals surface area contributed by atoms with Crippen LogP contribution in [0.15, 0.2) is 127 Å². The predicted octanol–water partition coefficient (Wildman–Crippen LogP) is 14.5. The van der Waals surface area contributed by atoms with Gasteiger partial charge in [-0.1, -0.05) is 101 Å². The molecule has 1 unspecified atom stereocenters. The lowest BCUT2D eigenvalue weighted by Gasteiger charge is -2.46. The third kappa shape index (κ3) is 15.0. The van der Waals surface area contributed by atoms with E-state index in [1.54, 1.807) is 12.1 Å². The van der Waals surface area contributed by atoms with E-state index >= 15 is 0 Å². The first-order chi connectivity index (χ1) is 35.2. The number of halogens is 24. The zero-order valence-corrected chi connectivity index (χ0v) is 39.5. The molecule has 1 atom stereocenters. The predicted molar refractivity (Wildman–Crippen MR) is 238 cm³/mol. The fourth-order valence-electron chi connectivity index (χ4n) is 7.87. The van der Waals surface area contributed by atoms with Gasteiger partial charge in [0.1, 0.15) is 12.4 Å². The molecule has 0 aliphatic rings. The van der Waals surface area contributed by atoms with Crippen molar-refractivity contribution >= 4 is 43.7 Å². The fraction of sp³-hybridized carbons (Fsp3) is 0.220. The van der Waals surface area contributed by atoms with Gasteiger partial charge in [-0.15, -0.1) is 0 Å². The van der Waals surface area contributed by atoms with Crippen molar-refractivity contribution in [2.75, 3.05) is 12.0 Å². The molecular formula is C50H29BF24O2S. The fourth-order valence-corrected chi connectivity index (χ4v) is 8.94. The van der Waals surface area contributed by atoms with Gasteiger partial charge < -0.3 is 0 Å². The standard InChI is InChI=1S/C32H12BF24.C18H17O2S/c34-25(35,36)13-1-14(26(37,38)39)6-21(5-13)33(22-7-15(27(40,41)42)2-16(8-22)28(43,44)45,23-9-17(29(46,47)48)3-18(10-23)30(49,50)51)24-11-19(31(52,53)54)4-20(12-24)32(55,56)57;1-15-8-10-17(11-9-15)18(19)14-21(2,20)13-12-16-6-4-3-5-7-16/h1-12H;3-11H,14H2,1-2H3/q-1;+1. The van der Waals surface area contributed by atoms with Crippen LogP contribution in [0.3, 0.4) is 0 Å². The van der Waals surface area contributed by atoms with E-state index in [1.807, 2.05) is 49.4 Å². The van der Waals surface area contributed by atoms with Crippen molar-refractivity contribution in [1.29, 1.82) is 0 Å². The largest absolute Gasteiger partial charge is 0.416 e. The summed E-state index contributed by atoms with van der Waals surface area (Å²) in [7, 11) is -2.50. The van der Waals surface area contributed by atoms with E-state index in [-0.39, 0.29) is 11.5 Å². The van der Waals surface area contributed by atoms with Gasteiger partial charge in [0.25, 0.3) is 0 Å². The number of benzene rings is 6. The Balaban J connectivity index is 0.000000443. The molecule has 78 heavy (non-hydrogen) atoms. The van der Waals surface area contributed by atoms with Crippen molar-refractivity contribution in [3.05, 3.63) is 189 Å². The van der Waals surface area contributed by atoms with Crippen LogP contribution in [0.1, 0.15) is 66.0 Å². The highest BCUT2D eigenvalue weighted by Gasteiger charge is 2.47. The second-order valence-electron chi connectivity index (χ2n) is 17.3. The summed E-state index contributed by atoms with van der Waals surface area (Å²) in [6.07, 6.45) is -53.3. The molecule has 6 rings (SSSR count). The van der Waals surface area contributed by atoms with Gasteiger partial charge in [-0.2, -0.15) is 127 Å². The number of aryl methyl sites for hydroxylation is 1. The zero-order chi connectivity index (χ0) is 59.2. The third-order valence-electron chi connectivity index (χ3n) is 11.4. The maximum atomic E-state index is 14.2. The van der Waals surface area contributed by atoms with Gasteiger partial charge in [0.2, 0.25) is 5.78 Å². The Kier molecular flexibility index (Phi) is 17.0. The summed E-state index contributed by atoms with van der Waals surface area (Å²) in [5, 5.41) is 2.74. The SMILES string of the molecule is Cc1ccc(C(=O)C[S+](C)(=O)C#Cc2ccccc2)cc1.FC(F)(F)c1cc([B-](c2cc(C(F)(F)F)cc(C(F)(F)F)c2)(c2cc(C(F)(F)F)cc(C(F)(F)F)c2)c2cc(C(F)(F)F)cc(C(F)(F)F)c2)cc(C(F)(F)F)c1. The van der Waals surface area contributed by atoms with E-state index < -0.39 is 205 Å². The molecule has 2 nitrogen and oxygen atoms in total. The summed E-state index contributed by atoms with van der Waals surface area (Å²) in [5.74, 6) is 2.69. The molecule has 0 radical (unpaired) electrons. The molecule has 6 aromatic rings. The lowest BCUT2D eigenvalue weighted by Crippen LogP contribution is -2.75. The van der Waals surface area contributed by atoms with Gasteiger partial charge >= 0.3 is 49.4 Å². The van der Waals surface area contributed by atoms with Gasteiger partial charge in [-0.25, -0.2) is 0 Å². The van der Waals surface area contributed by atoms with Gasteiger partial charge in [0, 0.05) is 11.1 Å². The summed E-state index contributed by atoms with van der Waals surface area (Å²) >= 11 is 0. The smallest absolute Gasteiger partial charge is 0.289 e. The second-order valence-corrected chi connectivity index (χ2v) is 19.8. The number of Topliss-reactive ketones (excluding diaryl/α,β-unsaturated/α-hetero) is 1. The average molecular weight is 1160 g/mol. The zero-order valence-electron chi connectivity index (χ0n) is 38.7. The Bertz CT molecular complexity index is 2840. The second kappa shape index (κ2) is 21.4. The molecule has 0 heterocycles. The molecule has 0 spiro atoms. The van der Waals surface area contributed by atoms with E-state index in [0.717, 1.165) is 11.1 Å². The molecule has 28 heteroatoms. The van der Waals surface area contributed by atoms with Crippen molar-refractivity contribution in [2.24, 2.45) is 0 Å². The Hall–Kier alpha value is -6.92. The first kappa shape index (κ1) is 61.9. The number of hydrogen-bond acceptors (Lipinski definition) is 2. The molecule has 0 saturated heterocycles. The topological polar surface area (TPSA) is 34.1 Å².